The van der Waals surface area contributed by atoms with Crippen molar-refractivity contribution >= 4 is 17.5 Å². The van der Waals surface area contributed by atoms with Crippen molar-refractivity contribution in [2.75, 3.05) is 0 Å². The number of fused-ring (bicyclic) bond motifs is 1. The van der Waals surface area contributed by atoms with Crippen molar-refractivity contribution in [2.24, 2.45) is 0 Å². The molecule has 1 aromatic carbocycles. The molecule has 0 aliphatic carbocycles. The number of carbonyl (C=O) groups is 1. The smallest absolute Gasteiger partial charge is 0.246 e. The maximum atomic E-state index is 14.7. The molecule has 1 amide bonds. The molecule has 142 valence electrons. The largest absolute Gasteiger partial charge is 0.329 e. The monoisotopic (exact) mass is 396 g/mol. The van der Waals surface area contributed by atoms with Crippen LogP contribution >= 0.6 is 11.6 Å². The Morgan fingerprint density at radius 1 is 1.32 bits per heavy atom. The molecule has 0 spiro atoms. The zero-order valence-corrected chi connectivity index (χ0v) is 16.0. The first-order valence-electron chi connectivity index (χ1n) is 8.88. The molecule has 0 saturated carbocycles. The number of aromatic nitrogens is 3. The maximum absolute atomic E-state index is 14.7. The molecule has 4 rings (SSSR count). The van der Waals surface area contributed by atoms with Gasteiger partial charge in [0.15, 0.2) is 0 Å². The Hall–Kier alpha value is -2.99. The lowest BCUT2D eigenvalue weighted by atomic mass is 9.98. The molecule has 1 aliphatic heterocycles. The Balaban J connectivity index is 1.94. The fraction of sp³-hybridized carbons (Fsp3) is 0.190. The summed E-state index contributed by atoms with van der Waals surface area (Å²) in [6.07, 6.45) is 4.67. The maximum Gasteiger partial charge on any atom is 0.246 e. The number of carbonyl (C=O) groups excluding carboxylic acids is 1. The zero-order chi connectivity index (χ0) is 19.8. The minimum atomic E-state index is -0.440. The summed E-state index contributed by atoms with van der Waals surface area (Å²) >= 11 is 5.92. The lowest BCUT2D eigenvalue weighted by Gasteiger charge is -2.33. The van der Waals surface area contributed by atoms with Crippen LogP contribution in [-0.2, 0) is 17.9 Å². The standard InChI is InChI=1S/C21H18ClFN4O/c1-3-19(28)26-12-18-20(14-6-8-24-9-7-14)21(25-27(18)11-13(26)2)16-5-4-15(22)10-17(16)23/h3-10,13H,1,11-12H2,2H3/t13-/m1/s1. The van der Waals surface area contributed by atoms with E-state index in [-0.39, 0.29) is 11.9 Å². The second-order valence-corrected chi connectivity index (χ2v) is 7.17. The summed E-state index contributed by atoms with van der Waals surface area (Å²) < 4.78 is 16.6. The van der Waals surface area contributed by atoms with Gasteiger partial charge in [-0.15, -0.1) is 0 Å². The van der Waals surface area contributed by atoms with Crippen LogP contribution in [0.1, 0.15) is 12.6 Å². The summed E-state index contributed by atoms with van der Waals surface area (Å²) in [4.78, 5) is 18.1. The Bertz CT molecular complexity index is 1060. The van der Waals surface area contributed by atoms with Gasteiger partial charge >= 0.3 is 0 Å². The summed E-state index contributed by atoms with van der Waals surface area (Å²) in [5.74, 6) is -0.579. The molecule has 1 atom stereocenters. The second kappa shape index (κ2) is 7.20. The predicted molar refractivity (Wildman–Crippen MR) is 106 cm³/mol. The van der Waals surface area contributed by atoms with Crippen LogP contribution in [0.25, 0.3) is 22.4 Å². The van der Waals surface area contributed by atoms with Crippen LogP contribution in [0.5, 0.6) is 0 Å². The fourth-order valence-corrected chi connectivity index (χ4v) is 3.74. The van der Waals surface area contributed by atoms with E-state index in [1.165, 1.54) is 12.1 Å². The Morgan fingerprint density at radius 3 is 2.75 bits per heavy atom. The van der Waals surface area contributed by atoms with Gasteiger partial charge in [0, 0.05) is 34.6 Å². The number of hydrogen-bond donors (Lipinski definition) is 0. The highest BCUT2D eigenvalue weighted by Crippen LogP contribution is 2.38. The van der Waals surface area contributed by atoms with Gasteiger partial charge in [0.25, 0.3) is 0 Å². The Kier molecular flexibility index (Phi) is 4.73. The van der Waals surface area contributed by atoms with E-state index in [9.17, 15) is 9.18 Å². The van der Waals surface area contributed by atoms with Gasteiger partial charge in [-0.3, -0.25) is 14.5 Å². The van der Waals surface area contributed by atoms with E-state index in [2.05, 4.69) is 11.6 Å². The normalized spacial score (nSPS) is 16.0. The van der Waals surface area contributed by atoms with Crippen LogP contribution in [0.15, 0.2) is 55.4 Å². The summed E-state index contributed by atoms with van der Waals surface area (Å²) in [5, 5.41) is 5.03. The molecule has 3 heterocycles. The highest BCUT2D eigenvalue weighted by Gasteiger charge is 2.31. The predicted octanol–water partition coefficient (Wildman–Crippen LogP) is 4.32. The molecular formula is C21H18ClFN4O. The topological polar surface area (TPSA) is 51.0 Å². The van der Waals surface area contributed by atoms with Crippen LogP contribution in [-0.4, -0.2) is 31.6 Å². The highest BCUT2D eigenvalue weighted by molar-refractivity contribution is 6.30. The summed E-state index contributed by atoms with van der Waals surface area (Å²) in [7, 11) is 0. The van der Waals surface area contributed by atoms with E-state index >= 15 is 0 Å². The van der Waals surface area contributed by atoms with Crippen LogP contribution in [0.4, 0.5) is 4.39 Å². The quantitative estimate of drug-likeness (QED) is 0.619. The number of benzene rings is 1. The van der Waals surface area contributed by atoms with Crippen LogP contribution in [0.3, 0.4) is 0 Å². The lowest BCUT2D eigenvalue weighted by molar-refractivity contribution is -0.129. The van der Waals surface area contributed by atoms with Crippen molar-refractivity contribution in [2.45, 2.75) is 26.1 Å². The molecule has 0 unspecified atom stereocenters. The molecule has 0 N–H and O–H groups in total. The van der Waals surface area contributed by atoms with Crippen LogP contribution in [0.2, 0.25) is 5.02 Å². The van der Waals surface area contributed by atoms with E-state index in [1.54, 1.807) is 29.4 Å². The molecule has 0 radical (unpaired) electrons. The molecule has 0 fully saturated rings. The van der Waals surface area contributed by atoms with E-state index < -0.39 is 5.82 Å². The molecule has 7 heteroatoms. The average Bonchev–Trinajstić information content (AvgIpc) is 3.05. The van der Waals surface area contributed by atoms with E-state index in [0.29, 0.717) is 29.4 Å². The Labute approximate surface area is 167 Å². The van der Waals surface area contributed by atoms with E-state index in [1.807, 2.05) is 23.7 Å². The van der Waals surface area contributed by atoms with Crippen molar-refractivity contribution in [3.05, 3.63) is 71.9 Å². The summed E-state index contributed by atoms with van der Waals surface area (Å²) in [6, 6.07) is 8.21. The minimum Gasteiger partial charge on any atom is -0.329 e. The summed E-state index contributed by atoms with van der Waals surface area (Å²) in [6.45, 7) is 6.44. The fourth-order valence-electron chi connectivity index (χ4n) is 3.58. The van der Waals surface area contributed by atoms with Crippen molar-refractivity contribution in [3.63, 3.8) is 0 Å². The molecule has 2 aromatic heterocycles. The van der Waals surface area contributed by atoms with Gasteiger partial charge < -0.3 is 4.90 Å². The van der Waals surface area contributed by atoms with E-state index in [4.69, 9.17) is 16.7 Å². The number of pyridine rings is 1. The van der Waals surface area contributed by atoms with Crippen molar-refractivity contribution < 1.29 is 9.18 Å². The van der Waals surface area contributed by atoms with Crippen LogP contribution in [0, 0.1) is 5.82 Å². The van der Waals surface area contributed by atoms with Gasteiger partial charge in [0.1, 0.15) is 11.5 Å². The SMILES string of the molecule is C=CC(=O)N1Cc2c(-c3ccncc3)c(-c3ccc(Cl)cc3F)nn2C[C@H]1C. The first kappa shape index (κ1) is 18.4. The average molecular weight is 397 g/mol. The molecule has 28 heavy (non-hydrogen) atoms. The zero-order valence-electron chi connectivity index (χ0n) is 15.3. The van der Waals surface area contributed by atoms with Crippen LogP contribution < -0.4 is 0 Å². The first-order valence-corrected chi connectivity index (χ1v) is 9.26. The number of halogens is 2. The number of nitrogens with zero attached hydrogens (tertiary/aromatic N) is 4. The third kappa shape index (κ3) is 3.10. The number of amides is 1. The molecule has 0 saturated heterocycles. The number of rotatable bonds is 3. The molecule has 0 bridgehead atoms. The van der Waals surface area contributed by atoms with Crippen molar-refractivity contribution in [3.8, 4) is 22.4 Å². The third-order valence-electron chi connectivity index (χ3n) is 4.96. The first-order chi connectivity index (χ1) is 13.5. The highest BCUT2D eigenvalue weighted by atomic mass is 35.5. The van der Waals surface area contributed by atoms with Gasteiger partial charge in [0.2, 0.25) is 5.91 Å². The van der Waals surface area contributed by atoms with Gasteiger partial charge in [-0.2, -0.15) is 5.10 Å². The molecular weight excluding hydrogens is 379 g/mol. The third-order valence-corrected chi connectivity index (χ3v) is 5.20. The molecule has 1 aliphatic rings. The number of hydrogen-bond acceptors (Lipinski definition) is 3. The minimum absolute atomic E-state index is 0.0499. The van der Waals surface area contributed by atoms with Gasteiger partial charge in [-0.05, 0) is 48.9 Å². The Morgan fingerprint density at radius 2 is 2.07 bits per heavy atom. The second-order valence-electron chi connectivity index (χ2n) is 6.73. The van der Waals surface area contributed by atoms with Crippen molar-refractivity contribution in [1.29, 1.82) is 0 Å². The molecule has 3 aromatic rings. The lowest BCUT2D eigenvalue weighted by Crippen LogP contribution is -2.44. The summed E-state index contributed by atoms with van der Waals surface area (Å²) in [5.41, 5.74) is 3.39. The van der Waals surface area contributed by atoms with Gasteiger partial charge in [-0.1, -0.05) is 18.2 Å². The van der Waals surface area contributed by atoms with Gasteiger partial charge in [-0.25, -0.2) is 4.39 Å². The van der Waals surface area contributed by atoms with Crippen molar-refractivity contribution in [1.82, 2.24) is 19.7 Å². The van der Waals surface area contributed by atoms with E-state index in [0.717, 1.165) is 16.8 Å². The van der Waals surface area contributed by atoms with Gasteiger partial charge in [0.05, 0.1) is 18.8 Å². The molecule has 5 nitrogen and oxygen atoms in total.